The normalized spacial score (nSPS) is 17.4. The Kier molecular flexibility index (Phi) is 5.80. The fourth-order valence-corrected chi connectivity index (χ4v) is 4.22. The van der Waals surface area contributed by atoms with Crippen LogP contribution in [0.3, 0.4) is 0 Å². The Bertz CT molecular complexity index is 1330. The molecule has 8 nitrogen and oxygen atoms in total. The Labute approximate surface area is 197 Å². The molecule has 2 N–H and O–H groups in total. The van der Waals surface area contributed by atoms with E-state index in [2.05, 4.69) is 0 Å². The van der Waals surface area contributed by atoms with Crippen molar-refractivity contribution in [3.8, 4) is 5.75 Å². The molecule has 1 fully saturated rings. The second-order valence-electron chi connectivity index (χ2n) is 7.20. The van der Waals surface area contributed by atoms with E-state index in [0.717, 1.165) is 11.0 Å². The standard InChI is InChI=1S/C23H14Cl2N2O6/c24-14-9-15(25)11-17(10-14)26-20(12-3-2-6-18(28)8-12)19(22(30)23(26)31)21(29)13-4-1-5-16(7-13)27(32)33/h1-11,20,28-29H/b21-19-. The summed E-state index contributed by atoms with van der Waals surface area (Å²) in [7, 11) is 0. The van der Waals surface area contributed by atoms with Crippen molar-refractivity contribution < 1.29 is 24.7 Å². The number of hydrogen-bond acceptors (Lipinski definition) is 6. The van der Waals surface area contributed by atoms with E-state index >= 15 is 0 Å². The number of carbonyl (C=O) groups is 2. The summed E-state index contributed by atoms with van der Waals surface area (Å²) >= 11 is 12.2. The van der Waals surface area contributed by atoms with Crippen LogP contribution >= 0.6 is 23.2 Å². The molecule has 1 heterocycles. The average Bonchev–Trinajstić information content (AvgIpc) is 3.03. The van der Waals surface area contributed by atoms with Crippen LogP contribution in [0.4, 0.5) is 11.4 Å². The Hall–Kier alpha value is -3.88. The van der Waals surface area contributed by atoms with E-state index in [-0.39, 0.29) is 38.3 Å². The zero-order valence-electron chi connectivity index (χ0n) is 16.6. The van der Waals surface area contributed by atoms with E-state index in [1.54, 1.807) is 6.07 Å². The lowest BCUT2D eigenvalue weighted by Crippen LogP contribution is -2.29. The van der Waals surface area contributed by atoms with Gasteiger partial charge in [0.25, 0.3) is 17.4 Å². The van der Waals surface area contributed by atoms with Gasteiger partial charge >= 0.3 is 0 Å². The van der Waals surface area contributed by atoms with E-state index in [0.29, 0.717) is 5.56 Å². The molecule has 166 valence electrons. The first-order valence-corrected chi connectivity index (χ1v) is 10.2. The molecule has 0 aromatic heterocycles. The third-order valence-corrected chi connectivity index (χ3v) is 5.52. The minimum Gasteiger partial charge on any atom is -0.508 e. The van der Waals surface area contributed by atoms with Gasteiger partial charge in [0.15, 0.2) is 0 Å². The Morgan fingerprint density at radius 3 is 2.27 bits per heavy atom. The number of aliphatic hydroxyl groups excluding tert-OH is 1. The minimum atomic E-state index is -1.16. The molecule has 1 aliphatic rings. The molecule has 1 amide bonds. The average molecular weight is 485 g/mol. The maximum absolute atomic E-state index is 13.1. The molecule has 0 saturated carbocycles. The van der Waals surface area contributed by atoms with Crippen molar-refractivity contribution in [1.29, 1.82) is 0 Å². The van der Waals surface area contributed by atoms with Crippen LogP contribution in [0.2, 0.25) is 10.0 Å². The number of benzene rings is 3. The predicted molar refractivity (Wildman–Crippen MR) is 122 cm³/mol. The number of nitrogens with zero attached hydrogens (tertiary/aromatic N) is 2. The van der Waals surface area contributed by atoms with E-state index in [1.165, 1.54) is 54.6 Å². The highest BCUT2D eigenvalue weighted by molar-refractivity contribution is 6.52. The summed E-state index contributed by atoms with van der Waals surface area (Å²) in [6.45, 7) is 0. The van der Waals surface area contributed by atoms with Crippen molar-refractivity contribution in [3.05, 3.63) is 104 Å². The van der Waals surface area contributed by atoms with Crippen molar-refractivity contribution in [2.24, 2.45) is 0 Å². The molecule has 0 spiro atoms. The zero-order chi connectivity index (χ0) is 23.9. The van der Waals surface area contributed by atoms with Gasteiger partial charge in [-0.3, -0.25) is 24.6 Å². The number of Topliss-reactive ketones (excluding diaryl/α,β-unsaturated/α-hetero) is 1. The van der Waals surface area contributed by atoms with Crippen molar-refractivity contribution in [3.63, 3.8) is 0 Å². The number of anilines is 1. The lowest BCUT2D eigenvalue weighted by atomic mass is 9.95. The highest BCUT2D eigenvalue weighted by Crippen LogP contribution is 2.44. The first-order valence-electron chi connectivity index (χ1n) is 9.48. The number of hydrogen-bond donors (Lipinski definition) is 2. The predicted octanol–water partition coefficient (Wildman–Crippen LogP) is 5.23. The van der Waals surface area contributed by atoms with Crippen LogP contribution in [0.5, 0.6) is 5.75 Å². The lowest BCUT2D eigenvalue weighted by Gasteiger charge is -2.26. The number of carbonyl (C=O) groups excluding carboxylic acids is 2. The molecule has 3 aromatic rings. The number of nitro benzene ring substituents is 1. The Morgan fingerprint density at radius 2 is 1.64 bits per heavy atom. The molecular weight excluding hydrogens is 471 g/mol. The number of amides is 1. The van der Waals surface area contributed by atoms with Crippen LogP contribution in [0.15, 0.2) is 72.3 Å². The molecule has 33 heavy (non-hydrogen) atoms. The van der Waals surface area contributed by atoms with Gasteiger partial charge in [-0.2, -0.15) is 0 Å². The Balaban J connectivity index is 1.98. The number of phenols is 1. The lowest BCUT2D eigenvalue weighted by molar-refractivity contribution is -0.384. The van der Waals surface area contributed by atoms with Gasteiger partial charge in [-0.25, -0.2) is 0 Å². The number of non-ortho nitro benzene ring substituents is 1. The molecule has 1 aliphatic heterocycles. The maximum atomic E-state index is 13.1. The van der Waals surface area contributed by atoms with Crippen LogP contribution in [0.25, 0.3) is 5.76 Å². The van der Waals surface area contributed by atoms with Crippen molar-refractivity contribution >= 4 is 52.0 Å². The Morgan fingerprint density at radius 1 is 0.970 bits per heavy atom. The first-order chi connectivity index (χ1) is 15.7. The van der Waals surface area contributed by atoms with E-state index in [4.69, 9.17) is 23.2 Å². The quantitative estimate of drug-likeness (QED) is 0.172. The molecular formula is C23H14Cl2N2O6. The van der Waals surface area contributed by atoms with Gasteiger partial charge in [0.05, 0.1) is 16.5 Å². The number of ketones is 1. The summed E-state index contributed by atoms with van der Waals surface area (Å²) in [5, 5.41) is 32.6. The number of nitro groups is 1. The molecule has 3 aromatic carbocycles. The SMILES string of the molecule is O=C1C(=O)N(c2cc(Cl)cc(Cl)c2)C(c2cccc(O)c2)/C1=C(/O)c1cccc([N+](=O)[O-])c1. The molecule has 1 unspecified atom stereocenters. The number of aliphatic hydroxyl groups is 1. The number of phenolic OH excluding ortho intramolecular Hbond substituents is 1. The van der Waals surface area contributed by atoms with Crippen molar-refractivity contribution in [1.82, 2.24) is 0 Å². The number of rotatable bonds is 4. The number of halogens is 2. The summed E-state index contributed by atoms with van der Waals surface area (Å²) in [6, 6.07) is 14.1. The highest BCUT2D eigenvalue weighted by Gasteiger charge is 2.47. The summed E-state index contributed by atoms with van der Waals surface area (Å²) in [5.74, 6) is -2.70. The summed E-state index contributed by atoms with van der Waals surface area (Å²) < 4.78 is 0. The van der Waals surface area contributed by atoms with Gasteiger partial charge in [0, 0.05) is 33.4 Å². The van der Waals surface area contributed by atoms with E-state index in [1.807, 2.05) is 0 Å². The largest absolute Gasteiger partial charge is 0.508 e. The molecule has 0 radical (unpaired) electrons. The van der Waals surface area contributed by atoms with E-state index in [9.17, 15) is 29.9 Å². The summed E-state index contributed by atoms with van der Waals surface area (Å²) in [6.07, 6.45) is 0. The molecule has 0 bridgehead atoms. The van der Waals surface area contributed by atoms with Gasteiger partial charge < -0.3 is 10.2 Å². The van der Waals surface area contributed by atoms with E-state index < -0.39 is 28.4 Å². The second-order valence-corrected chi connectivity index (χ2v) is 8.07. The summed E-state index contributed by atoms with van der Waals surface area (Å²) in [4.78, 5) is 37.8. The van der Waals surface area contributed by atoms with Gasteiger partial charge in [0.2, 0.25) is 0 Å². The van der Waals surface area contributed by atoms with Crippen molar-refractivity contribution in [2.75, 3.05) is 4.90 Å². The van der Waals surface area contributed by atoms with Gasteiger partial charge in [-0.15, -0.1) is 0 Å². The fourth-order valence-electron chi connectivity index (χ4n) is 3.71. The highest BCUT2D eigenvalue weighted by atomic mass is 35.5. The topological polar surface area (TPSA) is 121 Å². The molecule has 1 atom stereocenters. The molecule has 4 rings (SSSR count). The van der Waals surface area contributed by atoms with Crippen LogP contribution in [0.1, 0.15) is 17.2 Å². The maximum Gasteiger partial charge on any atom is 0.300 e. The molecule has 1 saturated heterocycles. The third kappa shape index (κ3) is 4.13. The number of aromatic hydroxyl groups is 1. The van der Waals surface area contributed by atoms with Crippen LogP contribution < -0.4 is 4.90 Å². The van der Waals surface area contributed by atoms with Crippen LogP contribution in [0, 0.1) is 10.1 Å². The van der Waals surface area contributed by atoms with Crippen LogP contribution in [-0.4, -0.2) is 26.8 Å². The fraction of sp³-hybridized carbons (Fsp3) is 0.0435. The second kappa shape index (κ2) is 8.57. The molecule has 0 aliphatic carbocycles. The van der Waals surface area contributed by atoms with Crippen LogP contribution in [-0.2, 0) is 9.59 Å². The molecule has 10 heteroatoms. The van der Waals surface area contributed by atoms with Gasteiger partial charge in [-0.05, 0) is 35.9 Å². The van der Waals surface area contributed by atoms with Gasteiger partial charge in [0.1, 0.15) is 11.5 Å². The van der Waals surface area contributed by atoms with Gasteiger partial charge in [-0.1, -0.05) is 47.5 Å². The monoisotopic (exact) mass is 484 g/mol. The zero-order valence-corrected chi connectivity index (χ0v) is 18.1. The third-order valence-electron chi connectivity index (χ3n) is 5.09. The van der Waals surface area contributed by atoms with Crippen molar-refractivity contribution in [2.45, 2.75) is 6.04 Å². The smallest absolute Gasteiger partial charge is 0.300 e. The minimum absolute atomic E-state index is 0.0171. The first kappa shape index (κ1) is 22.3. The summed E-state index contributed by atoms with van der Waals surface area (Å²) in [5.41, 5.74) is -0.110.